The van der Waals surface area contributed by atoms with Gasteiger partial charge in [-0.05, 0) is 36.4 Å². The molecular formula is C41H41N17O13S2. The molecule has 9 N–H and O–H groups in total. The van der Waals surface area contributed by atoms with Gasteiger partial charge in [-0.15, -0.1) is 20.5 Å². The van der Waals surface area contributed by atoms with E-state index in [0.29, 0.717) is 0 Å². The van der Waals surface area contributed by atoms with Gasteiger partial charge >= 0.3 is 29.9 Å². The summed E-state index contributed by atoms with van der Waals surface area (Å²) >= 11 is 0. The fourth-order valence-electron chi connectivity index (χ4n) is 6.78. The van der Waals surface area contributed by atoms with Crippen LogP contribution in [0.1, 0.15) is 94.4 Å². The molecule has 73 heavy (non-hydrogen) atoms. The fraction of sp³-hybridized carbons (Fsp3) is 0.244. The van der Waals surface area contributed by atoms with Crippen molar-refractivity contribution >= 4 is 78.2 Å². The van der Waals surface area contributed by atoms with E-state index in [1.165, 1.54) is 0 Å². The van der Waals surface area contributed by atoms with Crippen LogP contribution in [0.15, 0.2) is 79.0 Å². The van der Waals surface area contributed by atoms with Crippen LogP contribution in [0.4, 0.5) is 34.6 Å². The zero-order valence-electron chi connectivity index (χ0n) is 39.3. The number of carboxylic acid groups (broad SMARTS) is 4. The molecule has 0 aliphatic heterocycles. The van der Waals surface area contributed by atoms with E-state index >= 15 is 0 Å². The molecule has 0 fully saturated rings. The first-order valence-electron chi connectivity index (χ1n) is 20.6. The number of aromatic hydroxyl groups is 1. The van der Waals surface area contributed by atoms with Crippen LogP contribution in [-0.2, 0) is 30.5 Å². The topological polar surface area (TPSA) is 449 Å². The molecule has 30 nitrogen and oxygen atoms in total. The minimum Gasteiger partial charge on any atom is -0.479 e. The van der Waals surface area contributed by atoms with Gasteiger partial charge in [-0.1, -0.05) is 41.5 Å². The number of rotatable bonds is 14. The summed E-state index contributed by atoms with van der Waals surface area (Å²) in [5.74, 6) is -8.51. The number of nitrogens with zero attached hydrogens (tertiary/aromatic N) is 15. The maximum Gasteiger partial charge on any atom is 0.335 e. The van der Waals surface area contributed by atoms with E-state index < -0.39 is 116 Å². The largest absolute Gasteiger partial charge is 0.479 e. The van der Waals surface area contributed by atoms with Gasteiger partial charge in [0.25, 0.3) is 11.9 Å². The highest BCUT2D eigenvalue weighted by atomic mass is 32.2. The summed E-state index contributed by atoms with van der Waals surface area (Å²) in [5, 5.41) is 83.9. The lowest BCUT2D eigenvalue weighted by molar-refractivity contribution is 0.0676. The number of sulfone groups is 2. The van der Waals surface area contributed by atoms with Crippen molar-refractivity contribution < 1.29 is 61.5 Å². The predicted molar refractivity (Wildman–Crippen MR) is 251 cm³/mol. The maximum atomic E-state index is 13.0. The Morgan fingerprint density at radius 1 is 0.521 bits per heavy atom. The molecule has 0 aliphatic carbocycles. The molecule has 0 saturated carbocycles. The Kier molecular flexibility index (Phi) is 12.8. The first kappa shape index (κ1) is 51.5. The van der Waals surface area contributed by atoms with Gasteiger partial charge in [0, 0.05) is 23.3 Å². The highest BCUT2D eigenvalue weighted by molar-refractivity contribution is 7.91. The van der Waals surface area contributed by atoms with Crippen LogP contribution in [-0.4, -0.2) is 133 Å². The van der Waals surface area contributed by atoms with Crippen LogP contribution < -0.4 is 11.5 Å². The molecule has 0 radical (unpaired) electrons. The van der Waals surface area contributed by atoms with Crippen molar-refractivity contribution in [3.63, 3.8) is 0 Å². The lowest BCUT2D eigenvalue weighted by Gasteiger charge is -2.15. The lowest BCUT2D eigenvalue weighted by Crippen LogP contribution is -2.16. The molecule has 0 unspecified atom stereocenters. The highest BCUT2D eigenvalue weighted by Gasteiger charge is 2.32. The quantitative estimate of drug-likeness (QED) is 0.0736. The minimum absolute atomic E-state index is 0.112. The average molecular weight is 1040 g/mol. The van der Waals surface area contributed by atoms with E-state index in [4.69, 9.17) is 11.5 Å². The van der Waals surface area contributed by atoms with Gasteiger partial charge in [-0.2, -0.15) is 44.7 Å². The molecule has 0 atom stereocenters. The van der Waals surface area contributed by atoms with Crippen LogP contribution in [0.5, 0.6) is 6.01 Å². The number of carbonyl (C=O) groups is 4. The Bertz CT molecular complexity index is 3480. The number of anilines is 2. The van der Waals surface area contributed by atoms with Crippen molar-refractivity contribution in [3.05, 3.63) is 82.4 Å². The molecule has 5 aromatic heterocycles. The summed E-state index contributed by atoms with van der Waals surface area (Å²) in [6, 6.07) is 5.05. The van der Waals surface area contributed by atoms with E-state index in [-0.39, 0.29) is 45.8 Å². The third kappa shape index (κ3) is 10.2. The first-order chi connectivity index (χ1) is 33.8. The van der Waals surface area contributed by atoms with Crippen LogP contribution >= 0.6 is 0 Å². The molecule has 0 spiro atoms. The van der Waals surface area contributed by atoms with Gasteiger partial charge in [-0.3, -0.25) is 0 Å². The first-order valence-corrected chi connectivity index (χ1v) is 24.4. The second kappa shape index (κ2) is 18.1. The molecule has 380 valence electrons. The summed E-state index contributed by atoms with van der Waals surface area (Å²) in [4.78, 5) is 59.1. The number of aromatic carboxylic acids is 4. The fourth-order valence-corrected chi connectivity index (χ4v) is 8.18. The minimum atomic E-state index is -4.13. The monoisotopic (exact) mass is 1040 g/mol. The Hall–Kier alpha value is -9.33. The van der Waals surface area contributed by atoms with Crippen molar-refractivity contribution in [2.45, 2.75) is 62.2 Å². The number of carboxylic acids is 4. The average Bonchev–Trinajstić information content (AvgIpc) is 4.07. The van der Waals surface area contributed by atoms with Gasteiger partial charge in [0.05, 0.1) is 57.4 Å². The Balaban J connectivity index is 1.37. The molecule has 0 bridgehead atoms. The van der Waals surface area contributed by atoms with Crippen LogP contribution in [0.2, 0.25) is 0 Å². The normalized spacial score (nSPS) is 12.5. The van der Waals surface area contributed by atoms with Gasteiger partial charge in [-0.25, -0.2) is 45.4 Å². The standard InChI is InChI=1S/C41H41N17O13S2/c1-40(2,3)27-25(49-51-31-23(72(7,68)69)15-44-55(31)21-11-17(33(59)60)9-18(12-21)34(61)62)29(42)57(53-27)37-46-38(48-39(67)47-37)58-30(43)26(28(54-58)41(4,5)6)50-52-32-24(73(8,70)71)16-45-56(32)22-13-19(35(63)64)10-20(14-22)36(65)66/h9-16H,42-43H2,1-8H3,(H,59,60)(H,61,62)(H,63,64)(H,65,66)(H,46,47,48,67). The number of nitrogen functional groups attached to an aromatic ring is 2. The molecule has 7 rings (SSSR count). The summed E-state index contributed by atoms with van der Waals surface area (Å²) in [7, 11) is -8.26. The van der Waals surface area contributed by atoms with Crippen molar-refractivity contribution in [2.24, 2.45) is 20.5 Å². The van der Waals surface area contributed by atoms with Crippen molar-refractivity contribution in [1.29, 1.82) is 0 Å². The smallest absolute Gasteiger partial charge is 0.335 e. The zero-order valence-corrected chi connectivity index (χ0v) is 40.9. The molecule has 5 heterocycles. The Morgan fingerprint density at radius 3 is 1.11 bits per heavy atom. The van der Waals surface area contributed by atoms with Gasteiger partial charge in [0.1, 0.15) is 9.79 Å². The number of hydrogen-bond donors (Lipinski definition) is 7. The summed E-state index contributed by atoms with van der Waals surface area (Å²) in [6.07, 6.45) is 3.51. The molecule has 0 saturated heterocycles. The molecule has 0 aliphatic rings. The van der Waals surface area contributed by atoms with Crippen LogP contribution in [0, 0.1) is 0 Å². The van der Waals surface area contributed by atoms with Gasteiger partial charge < -0.3 is 37.0 Å². The lowest BCUT2D eigenvalue weighted by atomic mass is 9.91. The van der Waals surface area contributed by atoms with E-state index in [1.54, 1.807) is 41.5 Å². The number of hydrogen-bond acceptors (Lipinski definition) is 22. The van der Waals surface area contributed by atoms with E-state index in [2.05, 4.69) is 55.8 Å². The van der Waals surface area contributed by atoms with Gasteiger partial charge in [0.2, 0.25) is 0 Å². The van der Waals surface area contributed by atoms with Crippen LogP contribution in [0.25, 0.3) is 23.3 Å². The number of aromatic nitrogens is 11. The summed E-state index contributed by atoms with van der Waals surface area (Å²) < 4.78 is 55.5. The summed E-state index contributed by atoms with van der Waals surface area (Å²) in [5.41, 5.74) is 9.07. The maximum absolute atomic E-state index is 13.0. The third-order valence-corrected chi connectivity index (χ3v) is 12.4. The molecule has 0 amide bonds. The number of benzene rings is 2. The van der Waals surface area contributed by atoms with E-state index in [1.807, 2.05) is 0 Å². The highest BCUT2D eigenvalue weighted by Crippen LogP contribution is 2.41. The SMILES string of the molecule is CC(C)(C)c1nn(-c2nc(O)nc(-n3nc(C(C)(C)C)c(N=Nc4c(S(C)(=O)=O)cnn4-c4cc(C(=O)O)cc(C(=O)O)c4)c3N)n2)c(N)c1N=Nc1c(S(C)(=O)=O)cnn1-c1cc(C(=O)O)cc(C(=O)O)c1. The Morgan fingerprint density at radius 2 is 0.836 bits per heavy atom. The van der Waals surface area contributed by atoms with E-state index in [0.717, 1.165) is 80.0 Å². The molecule has 2 aromatic carbocycles. The van der Waals surface area contributed by atoms with Crippen LogP contribution in [0.3, 0.4) is 0 Å². The number of nitrogens with two attached hydrogens (primary N) is 2. The van der Waals surface area contributed by atoms with Crippen molar-refractivity contribution in [1.82, 2.24) is 54.1 Å². The molecular weight excluding hydrogens is 1000 g/mol. The van der Waals surface area contributed by atoms with Crippen molar-refractivity contribution in [3.8, 4) is 29.3 Å². The van der Waals surface area contributed by atoms with Crippen molar-refractivity contribution in [2.75, 3.05) is 24.0 Å². The second-order valence-corrected chi connectivity index (χ2v) is 21.9. The predicted octanol–water partition coefficient (Wildman–Crippen LogP) is 4.51. The Labute approximate surface area is 410 Å². The summed E-state index contributed by atoms with van der Waals surface area (Å²) in [6.45, 7) is 10.3. The second-order valence-electron chi connectivity index (χ2n) is 17.9. The van der Waals surface area contributed by atoms with E-state index in [9.17, 15) is 61.5 Å². The molecule has 7 aromatic rings. The molecule has 32 heteroatoms. The number of azo groups is 2. The zero-order chi connectivity index (χ0) is 54.0. The van der Waals surface area contributed by atoms with Gasteiger partial charge in [0.15, 0.2) is 54.3 Å². The third-order valence-electron chi connectivity index (χ3n) is 10.2.